The van der Waals surface area contributed by atoms with Gasteiger partial charge in [-0.25, -0.2) is 0 Å². The SMILES string of the molecule is CCCCN1C(=O)C=CC1=O.O=C1C=CC(=O)N1. The molecule has 2 heterocycles. The normalized spacial score (nSPS) is 17.1. The second-order valence-corrected chi connectivity index (χ2v) is 3.70. The summed E-state index contributed by atoms with van der Waals surface area (Å²) in [6.07, 6.45) is 6.91. The number of amides is 4. The van der Waals surface area contributed by atoms with Crippen molar-refractivity contribution in [1.29, 1.82) is 0 Å². The van der Waals surface area contributed by atoms with Crippen LogP contribution in [0.5, 0.6) is 0 Å². The number of nitrogens with zero attached hydrogens (tertiary/aromatic N) is 1. The van der Waals surface area contributed by atoms with E-state index in [4.69, 9.17) is 0 Å². The van der Waals surface area contributed by atoms with Gasteiger partial charge in [0.25, 0.3) is 23.6 Å². The highest BCUT2D eigenvalue weighted by atomic mass is 16.2. The van der Waals surface area contributed by atoms with Gasteiger partial charge in [-0.3, -0.25) is 29.4 Å². The van der Waals surface area contributed by atoms with Crippen LogP contribution in [-0.4, -0.2) is 35.1 Å². The van der Waals surface area contributed by atoms with Gasteiger partial charge in [0.15, 0.2) is 0 Å². The Morgan fingerprint density at radius 2 is 1.44 bits per heavy atom. The van der Waals surface area contributed by atoms with Crippen molar-refractivity contribution in [3.05, 3.63) is 24.3 Å². The van der Waals surface area contributed by atoms with Gasteiger partial charge in [-0.1, -0.05) is 13.3 Å². The number of nitrogens with one attached hydrogen (secondary N) is 1. The number of rotatable bonds is 3. The molecule has 0 spiro atoms. The minimum atomic E-state index is -0.329. The van der Waals surface area contributed by atoms with E-state index in [9.17, 15) is 19.2 Å². The summed E-state index contributed by atoms with van der Waals surface area (Å²) in [5, 5.41) is 2.03. The van der Waals surface area contributed by atoms with Crippen LogP contribution in [0.3, 0.4) is 0 Å². The first-order valence-corrected chi connectivity index (χ1v) is 5.61. The monoisotopic (exact) mass is 250 g/mol. The number of carbonyl (C=O) groups is 4. The molecule has 0 unspecified atom stereocenters. The van der Waals surface area contributed by atoms with Crippen molar-refractivity contribution in [3.63, 3.8) is 0 Å². The van der Waals surface area contributed by atoms with Gasteiger partial charge in [-0.2, -0.15) is 0 Å². The van der Waals surface area contributed by atoms with E-state index < -0.39 is 0 Å². The third-order valence-electron chi connectivity index (χ3n) is 2.27. The van der Waals surface area contributed by atoms with Crippen molar-refractivity contribution in [2.75, 3.05) is 6.54 Å². The van der Waals surface area contributed by atoms with E-state index in [2.05, 4.69) is 0 Å². The third-order valence-corrected chi connectivity index (χ3v) is 2.27. The summed E-state index contributed by atoms with van der Waals surface area (Å²) in [5.41, 5.74) is 0. The molecule has 6 nitrogen and oxygen atoms in total. The Labute approximate surface area is 104 Å². The molecule has 0 saturated heterocycles. The average molecular weight is 250 g/mol. The maximum atomic E-state index is 10.9. The van der Waals surface area contributed by atoms with Gasteiger partial charge in [-0.15, -0.1) is 0 Å². The molecule has 0 aromatic rings. The molecule has 0 bridgehead atoms. The fourth-order valence-corrected chi connectivity index (χ4v) is 1.32. The Morgan fingerprint density at radius 3 is 1.78 bits per heavy atom. The minimum absolute atomic E-state index is 0.177. The third kappa shape index (κ3) is 3.97. The Bertz CT molecular complexity index is 403. The molecule has 0 aromatic heterocycles. The molecule has 4 amide bonds. The summed E-state index contributed by atoms with van der Waals surface area (Å²) in [7, 11) is 0. The van der Waals surface area contributed by atoms with Crippen LogP contribution in [0.2, 0.25) is 0 Å². The van der Waals surface area contributed by atoms with E-state index in [1.54, 1.807) is 0 Å². The smallest absolute Gasteiger partial charge is 0.253 e. The molecule has 0 atom stereocenters. The maximum absolute atomic E-state index is 10.9. The minimum Gasteiger partial charge on any atom is -0.289 e. The van der Waals surface area contributed by atoms with Crippen molar-refractivity contribution in [1.82, 2.24) is 10.2 Å². The molecule has 1 N–H and O–H groups in total. The highest BCUT2D eigenvalue weighted by molar-refractivity contribution is 6.13. The molecule has 6 heteroatoms. The molecule has 2 aliphatic rings. The lowest BCUT2D eigenvalue weighted by Crippen LogP contribution is -2.30. The fraction of sp³-hybridized carbons (Fsp3) is 0.333. The van der Waals surface area contributed by atoms with E-state index in [1.807, 2.05) is 12.2 Å². The molecule has 0 aliphatic carbocycles. The Balaban J connectivity index is 0.000000199. The molecule has 0 saturated carbocycles. The quantitative estimate of drug-likeness (QED) is 0.709. The van der Waals surface area contributed by atoms with E-state index in [0.29, 0.717) is 6.54 Å². The van der Waals surface area contributed by atoms with E-state index in [-0.39, 0.29) is 23.6 Å². The fourth-order valence-electron chi connectivity index (χ4n) is 1.32. The molecule has 0 radical (unpaired) electrons. The molecule has 18 heavy (non-hydrogen) atoms. The lowest BCUT2D eigenvalue weighted by atomic mass is 10.3. The van der Waals surface area contributed by atoms with Gasteiger partial charge in [0, 0.05) is 30.8 Å². The molecule has 0 aromatic carbocycles. The first kappa shape index (κ1) is 13.8. The number of unbranched alkanes of at least 4 members (excludes halogenated alkanes) is 1. The van der Waals surface area contributed by atoms with Crippen molar-refractivity contribution >= 4 is 23.6 Å². The van der Waals surface area contributed by atoms with Crippen LogP contribution in [0.1, 0.15) is 19.8 Å². The van der Waals surface area contributed by atoms with Gasteiger partial charge in [-0.05, 0) is 6.42 Å². The second kappa shape index (κ2) is 6.48. The topological polar surface area (TPSA) is 83.6 Å². The van der Waals surface area contributed by atoms with Crippen LogP contribution in [0.15, 0.2) is 24.3 Å². The van der Waals surface area contributed by atoms with Crippen molar-refractivity contribution in [3.8, 4) is 0 Å². The van der Waals surface area contributed by atoms with E-state index >= 15 is 0 Å². The standard InChI is InChI=1S/C8H11NO2.C4H3NO2/c1-2-3-6-9-7(10)4-5-8(9)11;6-3-1-2-4(7)5-3/h4-5H,2-3,6H2,1H3;1-2H,(H,5,6,7). The molecule has 2 rings (SSSR count). The summed E-state index contributed by atoms with van der Waals surface area (Å²) in [4.78, 5) is 43.2. The van der Waals surface area contributed by atoms with Gasteiger partial charge in [0.1, 0.15) is 0 Å². The van der Waals surface area contributed by atoms with Crippen LogP contribution in [0.4, 0.5) is 0 Å². The Kier molecular flexibility index (Phi) is 4.98. The molecular weight excluding hydrogens is 236 g/mol. The predicted molar refractivity (Wildman–Crippen MR) is 63.1 cm³/mol. The summed E-state index contributed by atoms with van der Waals surface area (Å²) in [5.74, 6) is -1.01. The number of hydrogen-bond donors (Lipinski definition) is 1. The largest absolute Gasteiger partial charge is 0.289 e. The molecule has 96 valence electrons. The zero-order valence-electron chi connectivity index (χ0n) is 10.0. The highest BCUT2D eigenvalue weighted by Gasteiger charge is 2.21. The lowest BCUT2D eigenvalue weighted by Gasteiger charge is -2.11. The van der Waals surface area contributed by atoms with E-state index in [0.717, 1.165) is 12.8 Å². The predicted octanol–water partition coefficient (Wildman–Crippen LogP) is -0.0895. The van der Waals surface area contributed by atoms with Crippen molar-refractivity contribution in [2.45, 2.75) is 19.8 Å². The van der Waals surface area contributed by atoms with Crippen LogP contribution in [-0.2, 0) is 19.2 Å². The zero-order chi connectivity index (χ0) is 13.5. The number of carbonyl (C=O) groups excluding carboxylic acids is 4. The molecule has 2 aliphatic heterocycles. The van der Waals surface area contributed by atoms with Gasteiger partial charge in [0.2, 0.25) is 0 Å². The Morgan fingerprint density at radius 1 is 0.944 bits per heavy atom. The van der Waals surface area contributed by atoms with E-state index in [1.165, 1.54) is 29.2 Å². The first-order valence-electron chi connectivity index (χ1n) is 5.61. The first-order chi connectivity index (χ1) is 8.54. The summed E-state index contributed by atoms with van der Waals surface area (Å²) >= 11 is 0. The highest BCUT2D eigenvalue weighted by Crippen LogP contribution is 2.04. The van der Waals surface area contributed by atoms with Gasteiger partial charge >= 0.3 is 0 Å². The van der Waals surface area contributed by atoms with Crippen molar-refractivity contribution < 1.29 is 19.2 Å². The number of hydrogen-bond acceptors (Lipinski definition) is 4. The number of imide groups is 2. The van der Waals surface area contributed by atoms with Crippen LogP contribution in [0, 0.1) is 0 Å². The lowest BCUT2D eigenvalue weighted by molar-refractivity contribution is -0.137. The van der Waals surface area contributed by atoms with Crippen LogP contribution in [0.25, 0.3) is 0 Å². The van der Waals surface area contributed by atoms with Crippen LogP contribution >= 0.6 is 0 Å². The molecule has 0 fully saturated rings. The maximum Gasteiger partial charge on any atom is 0.253 e. The van der Waals surface area contributed by atoms with Crippen LogP contribution < -0.4 is 5.32 Å². The average Bonchev–Trinajstić information content (AvgIpc) is 2.85. The second-order valence-electron chi connectivity index (χ2n) is 3.70. The Hall–Kier alpha value is -2.24. The summed E-state index contributed by atoms with van der Waals surface area (Å²) < 4.78 is 0. The summed E-state index contributed by atoms with van der Waals surface area (Å²) in [6.45, 7) is 2.58. The van der Waals surface area contributed by atoms with Gasteiger partial charge in [0.05, 0.1) is 0 Å². The van der Waals surface area contributed by atoms with Gasteiger partial charge < -0.3 is 0 Å². The summed E-state index contributed by atoms with van der Waals surface area (Å²) in [6, 6.07) is 0. The molecular formula is C12H14N2O4. The van der Waals surface area contributed by atoms with Crippen molar-refractivity contribution in [2.24, 2.45) is 0 Å². The zero-order valence-corrected chi connectivity index (χ0v) is 10.0.